The molecule has 1 atom stereocenters. The second kappa shape index (κ2) is 3.91. The molecule has 6 heteroatoms. The van der Waals surface area contributed by atoms with Gasteiger partial charge in [-0.15, -0.1) is 11.3 Å². The average Bonchev–Trinajstić information content (AvgIpc) is 2.88. The molecule has 2 aromatic rings. The van der Waals surface area contributed by atoms with Crippen LogP contribution in [0.25, 0.3) is 10.2 Å². The molecule has 1 aliphatic carbocycles. The molecule has 0 spiro atoms. The maximum atomic E-state index is 12.3. The number of carboxylic acids is 1. The molecule has 0 N–H and O–H groups in total. The topological polar surface area (TPSA) is 75.0 Å². The Morgan fingerprint density at radius 3 is 3.06 bits per heavy atom. The lowest BCUT2D eigenvalue weighted by Gasteiger charge is -2.15. The van der Waals surface area contributed by atoms with Gasteiger partial charge in [-0.25, -0.2) is 4.98 Å². The number of fused-ring (bicyclic) bond motifs is 3. The average molecular weight is 263 g/mol. The summed E-state index contributed by atoms with van der Waals surface area (Å²) in [4.78, 5) is 29.3. The van der Waals surface area contributed by atoms with Crippen molar-refractivity contribution in [2.24, 2.45) is 0 Å². The van der Waals surface area contributed by atoms with Crippen LogP contribution in [0, 0.1) is 0 Å². The summed E-state index contributed by atoms with van der Waals surface area (Å²) >= 11 is 1.54. The molecule has 0 unspecified atom stereocenters. The molecule has 94 valence electrons. The zero-order chi connectivity index (χ0) is 12.9. The summed E-state index contributed by atoms with van der Waals surface area (Å²) in [5, 5.41) is 11.5. The minimum Gasteiger partial charge on any atom is -0.548 e. The first-order valence-electron chi connectivity index (χ1n) is 5.82. The van der Waals surface area contributed by atoms with E-state index in [0.29, 0.717) is 10.2 Å². The number of rotatable bonds is 2. The molecule has 1 aliphatic rings. The van der Waals surface area contributed by atoms with Crippen LogP contribution in [0.5, 0.6) is 0 Å². The van der Waals surface area contributed by atoms with E-state index in [1.54, 1.807) is 11.3 Å². The van der Waals surface area contributed by atoms with Gasteiger partial charge in [-0.05, 0) is 31.7 Å². The van der Waals surface area contributed by atoms with Crippen molar-refractivity contribution in [1.29, 1.82) is 0 Å². The van der Waals surface area contributed by atoms with Crippen LogP contribution >= 0.6 is 11.3 Å². The van der Waals surface area contributed by atoms with E-state index in [4.69, 9.17) is 0 Å². The van der Waals surface area contributed by atoms with Gasteiger partial charge in [0.25, 0.3) is 5.56 Å². The van der Waals surface area contributed by atoms with Gasteiger partial charge in [0.2, 0.25) is 0 Å². The summed E-state index contributed by atoms with van der Waals surface area (Å²) in [6.45, 7) is 1.43. The van der Waals surface area contributed by atoms with Crippen LogP contribution in [-0.2, 0) is 17.6 Å². The van der Waals surface area contributed by atoms with Gasteiger partial charge in [0.05, 0.1) is 23.7 Å². The van der Waals surface area contributed by atoms with E-state index in [1.165, 1.54) is 18.1 Å². The highest BCUT2D eigenvalue weighted by atomic mass is 32.1. The fourth-order valence-electron chi connectivity index (χ4n) is 2.39. The molecule has 0 aliphatic heterocycles. The van der Waals surface area contributed by atoms with Crippen LogP contribution in [-0.4, -0.2) is 15.5 Å². The molecule has 2 aromatic heterocycles. The van der Waals surface area contributed by atoms with Gasteiger partial charge in [-0.3, -0.25) is 9.36 Å². The molecule has 0 radical (unpaired) electrons. The molecule has 18 heavy (non-hydrogen) atoms. The maximum absolute atomic E-state index is 12.3. The number of aliphatic carboxylic acids is 1. The highest BCUT2D eigenvalue weighted by Gasteiger charge is 2.22. The number of hydrogen-bond donors (Lipinski definition) is 0. The van der Waals surface area contributed by atoms with E-state index in [0.717, 1.165) is 29.4 Å². The predicted octanol–water partition coefficient (Wildman–Crippen LogP) is 0.258. The summed E-state index contributed by atoms with van der Waals surface area (Å²) in [6, 6.07) is -0.994. The zero-order valence-corrected chi connectivity index (χ0v) is 10.6. The van der Waals surface area contributed by atoms with Crippen molar-refractivity contribution < 1.29 is 9.90 Å². The van der Waals surface area contributed by atoms with E-state index in [1.807, 2.05) is 0 Å². The first-order chi connectivity index (χ1) is 8.59. The van der Waals surface area contributed by atoms with Crippen LogP contribution in [0.1, 0.15) is 29.8 Å². The molecule has 3 rings (SSSR count). The summed E-state index contributed by atoms with van der Waals surface area (Å²) in [5.74, 6) is -1.27. The third-order valence-electron chi connectivity index (χ3n) is 3.41. The number of hydrogen-bond acceptors (Lipinski definition) is 5. The molecular weight excluding hydrogens is 252 g/mol. The van der Waals surface area contributed by atoms with Crippen LogP contribution in [0.2, 0.25) is 0 Å². The summed E-state index contributed by atoms with van der Waals surface area (Å²) < 4.78 is 1.14. The van der Waals surface area contributed by atoms with E-state index in [2.05, 4.69) is 4.98 Å². The molecule has 0 amide bonds. The zero-order valence-electron chi connectivity index (χ0n) is 9.80. The number of nitrogens with zero attached hydrogens (tertiary/aromatic N) is 2. The van der Waals surface area contributed by atoms with Crippen LogP contribution < -0.4 is 10.7 Å². The Hall–Kier alpha value is -1.69. The Kier molecular flexibility index (Phi) is 2.48. The Morgan fingerprint density at radius 2 is 2.33 bits per heavy atom. The van der Waals surface area contributed by atoms with Crippen molar-refractivity contribution in [2.45, 2.75) is 32.2 Å². The lowest BCUT2D eigenvalue weighted by Crippen LogP contribution is -2.36. The van der Waals surface area contributed by atoms with Crippen molar-refractivity contribution in [2.75, 3.05) is 0 Å². The second-order valence-corrected chi connectivity index (χ2v) is 5.57. The minimum atomic E-state index is -1.27. The fourth-order valence-corrected chi connectivity index (χ4v) is 3.61. The fraction of sp³-hybridized carbons (Fsp3) is 0.417. The number of aromatic nitrogens is 2. The Bertz CT molecular complexity index is 701. The van der Waals surface area contributed by atoms with Gasteiger partial charge in [0, 0.05) is 4.88 Å². The van der Waals surface area contributed by atoms with Gasteiger partial charge >= 0.3 is 0 Å². The van der Waals surface area contributed by atoms with Crippen LogP contribution in [0.3, 0.4) is 0 Å². The van der Waals surface area contributed by atoms with Gasteiger partial charge in [-0.1, -0.05) is 0 Å². The standard InChI is InChI=1S/C12H12N2O3S/c1-6(12(16)17)14-5-13-10-9(11(14)15)7-3-2-4-8(7)18-10/h5-6H,2-4H2,1H3,(H,16,17)/p-1/t6-/m1/s1. The highest BCUT2D eigenvalue weighted by Crippen LogP contribution is 2.34. The number of thiophene rings is 1. The molecule has 0 bridgehead atoms. The van der Waals surface area contributed by atoms with Crippen molar-refractivity contribution in [3.63, 3.8) is 0 Å². The first-order valence-corrected chi connectivity index (χ1v) is 6.63. The molecule has 0 aromatic carbocycles. The summed E-state index contributed by atoms with van der Waals surface area (Å²) in [5.41, 5.74) is 0.795. The maximum Gasteiger partial charge on any atom is 0.262 e. The molecular formula is C12H11N2O3S-. The normalized spacial score (nSPS) is 15.8. The van der Waals surface area contributed by atoms with Gasteiger partial charge in [0.1, 0.15) is 4.83 Å². The van der Waals surface area contributed by atoms with E-state index in [-0.39, 0.29) is 5.56 Å². The Balaban J connectivity index is 2.29. The van der Waals surface area contributed by atoms with Crippen molar-refractivity contribution in [1.82, 2.24) is 9.55 Å². The molecule has 2 heterocycles. The second-order valence-electron chi connectivity index (χ2n) is 4.49. The summed E-state index contributed by atoms with van der Waals surface area (Å²) in [7, 11) is 0. The Labute approximate surface area is 107 Å². The third-order valence-corrected chi connectivity index (χ3v) is 4.61. The smallest absolute Gasteiger partial charge is 0.262 e. The van der Waals surface area contributed by atoms with Gasteiger partial charge < -0.3 is 9.90 Å². The van der Waals surface area contributed by atoms with E-state index < -0.39 is 12.0 Å². The number of carbonyl (C=O) groups excluding carboxylic acids is 1. The number of carboxylic acid groups (broad SMARTS) is 1. The highest BCUT2D eigenvalue weighted by molar-refractivity contribution is 7.18. The first kappa shape index (κ1) is 11.4. The van der Waals surface area contributed by atoms with Crippen LogP contribution in [0.15, 0.2) is 11.1 Å². The molecule has 0 saturated carbocycles. The largest absolute Gasteiger partial charge is 0.548 e. The lowest BCUT2D eigenvalue weighted by atomic mass is 10.2. The SMILES string of the molecule is C[C@H](C(=O)[O-])n1cnc2sc3c(c2c1=O)CCC3. The van der Waals surface area contributed by atoms with Crippen molar-refractivity contribution in [3.05, 3.63) is 27.1 Å². The Morgan fingerprint density at radius 1 is 1.56 bits per heavy atom. The van der Waals surface area contributed by atoms with Gasteiger partial charge in [-0.2, -0.15) is 0 Å². The molecule has 5 nitrogen and oxygen atoms in total. The monoisotopic (exact) mass is 263 g/mol. The number of carbonyl (C=O) groups is 1. The third kappa shape index (κ3) is 1.49. The van der Waals surface area contributed by atoms with Crippen LogP contribution in [0.4, 0.5) is 0 Å². The van der Waals surface area contributed by atoms with E-state index in [9.17, 15) is 14.7 Å². The predicted molar refractivity (Wildman–Crippen MR) is 65.6 cm³/mol. The lowest BCUT2D eigenvalue weighted by molar-refractivity contribution is -0.309. The molecule has 0 saturated heterocycles. The van der Waals surface area contributed by atoms with Gasteiger partial charge in [0.15, 0.2) is 0 Å². The quantitative estimate of drug-likeness (QED) is 0.778. The minimum absolute atomic E-state index is 0.267. The number of aryl methyl sites for hydroxylation is 2. The van der Waals surface area contributed by atoms with Crippen molar-refractivity contribution in [3.8, 4) is 0 Å². The van der Waals surface area contributed by atoms with E-state index >= 15 is 0 Å². The van der Waals surface area contributed by atoms with Crippen molar-refractivity contribution >= 4 is 27.5 Å². The summed E-state index contributed by atoms with van der Waals surface area (Å²) in [6.07, 6.45) is 4.24. The molecule has 0 fully saturated rings.